The lowest BCUT2D eigenvalue weighted by atomic mass is 9.93. The van der Waals surface area contributed by atoms with Crippen molar-refractivity contribution in [2.45, 2.75) is 25.9 Å². The molecule has 3 heteroatoms. The van der Waals surface area contributed by atoms with Crippen molar-refractivity contribution in [3.8, 4) is 0 Å². The molecule has 2 rings (SSSR count). The minimum atomic E-state index is 0.112. The molecule has 1 atom stereocenters. The second-order valence-corrected chi connectivity index (χ2v) is 4.60. The number of carbonyl (C=O) groups is 1. The Morgan fingerprint density at radius 1 is 1.44 bits per heavy atom. The Bertz CT molecular complexity index is 440. The fourth-order valence-electron chi connectivity index (χ4n) is 2.18. The Labute approximate surface area is 108 Å². The van der Waals surface area contributed by atoms with Gasteiger partial charge < -0.3 is 10.1 Å². The van der Waals surface area contributed by atoms with Crippen molar-refractivity contribution in [3.63, 3.8) is 0 Å². The van der Waals surface area contributed by atoms with E-state index in [0.717, 1.165) is 30.5 Å². The Hall–Kier alpha value is -1.61. The van der Waals surface area contributed by atoms with Crippen molar-refractivity contribution in [3.05, 3.63) is 42.0 Å². The van der Waals surface area contributed by atoms with Gasteiger partial charge in [-0.05, 0) is 37.0 Å². The fourth-order valence-corrected chi connectivity index (χ4v) is 2.18. The van der Waals surface area contributed by atoms with Gasteiger partial charge in [0.25, 0.3) is 0 Å². The minimum absolute atomic E-state index is 0.112. The summed E-state index contributed by atoms with van der Waals surface area (Å²) >= 11 is 0. The smallest absolute Gasteiger partial charge is 0.227 e. The number of amides is 1. The standard InChI is InChI=1S/C15H19NO2/c1-18-11-12-6-5-9-14(10-12)16-15(17)13-7-3-2-4-8-13/h2-3,5-6,9-10,13H,4,7-8,11H2,1H3,(H,16,17). The predicted molar refractivity (Wildman–Crippen MR) is 72.3 cm³/mol. The Kier molecular flexibility index (Phi) is 4.53. The Morgan fingerprint density at radius 2 is 2.33 bits per heavy atom. The van der Waals surface area contributed by atoms with Crippen LogP contribution in [0.5, 0.6) is 0 Å². The Morgan fingerprint density at radius 3 is 3.06 bits per heavy atom. The van der Waals surface area contributed by atoms with E-state index in [0.29, 0.717) is 6.61 Å². The van der Waals surface area contributed by atoms with E-state index in [1.54, 1.807) is 7.11 Å². The number of carbonyl (C=O) groups excluding carboxylic acids is 1. The van der Waals surface area contributed by atoms with Gasteiger partial charge in [0.2, 0.25) is 5.91 Å². The molecule has 1 unspecified atom stereocenters. The van der Waals surface area contributed by atoms with E-state index in [1.165, 1.54) is 0 Å². The minimum Gasteiger partial charge on any atom is -0.380 e. The summed E-state index contributed by atoms with van der Waals surface area (Å²) in [5.74, 6) is 0.231. The summed E-state index contributed by atoms with van der Waals surface area (Å²) in [5, 5.41) is 2.98. The van der Waals surface area contributed by atoms with Crippen molar-refractivity contribution in [1.82, 2.24) is 0 Å². The van der Waals surface area contributed by atoms with E-state index in [1.807, 2.05) is 24.3 Å². The Balaban J connectivity index is 1.97. The molecule has 1 amide bonds. The first-order valence-electron chi connectivity index (χ1n) is 6.33. The zero-order chi connectivity index (χ0) is 12.8. The van der Waals surface area contributed by atoms with Crippen LogP contribution in [0.1, 0.15) is 24.8 Å². The summed E-state index contributed by atoms with van der Waals surface area (Å²) in [7, 11) is 1.67. The number of benzene rings is 1. The quantitative estimate of drug-likeness (QED) is 0.828. The summed E-state index contributed by atoms with van der Waals surface area (Å²) in [6, 6.07) is 7.79. The number of hydrogen-bond donors (Lipinski definition) is 1. The molecule has 0 saturated carbocycles. The maximum atomic E-state index is 12.1. The summed E-state index contributed by atoms with van der Waals surface area (Å²) in [5.41, 5.74) is 1.92. The van der Waals surface area contributed by atoms with Crippen LogP contribution < -0.4 is 5.32 Å². The van der Waals surface area contributed by atoms with Crippen molar-refractivity contribution < 1.29 is 9.53 Å². The third kappa shape index (κ3) is 3.44. The maximum absolute atomic E-state index is 12.1. The van der Waals surface area contributed by atoms with Crippen molar-refractivity contribution >= 4 is 11.6 Å². The monoisotopic (exact) mass is 245 g/mol. The van der Waals surface area contributed by atoms with Crippen LogP contribution >= 0.6 is 0 Å². The van der Waals surface area contributed by atoms with Crippen LogP contribution in [0.25, 0.3) is 0 Å². The van der Waals surface area contributed by atoms with Gasteiger partial charge in [-0.3, -0.25) is 4.79 Å². The highest BCUT2D eigenvalue weighted by atomic mass is 16.5. The molecule has 0 saturated heterocycles. The first-order chi connectivity index (χ1) is 8.79. The number of anilines is 1. The molecule has 1 aliphatic carbocycles. The van der Waals surface area contributed by atoms with Gasteiger partial charge in [0.05, 0.1) is 6.61 Å². The summed E-state index contributed by atoms with van der Waals surface area (Å²) in [6.07, 6.45) is 7.03. The number of ether oxygens (including phenoxy) is 1. The van der Waals surface area contributed by atoms with Crippen LogP contribution in [0.4, 0.5) is 5.69 Å². The molecule has 96 valence electrons. The molecule has 0 fully saturated rings. The molecule has 0 aliphatic heterocycles. The molecular formula is C15H19NO2. The number of hydrogen-bond acceptors (Lipinski definition) is 2. The van der Waals surface area contributed by atoms with Gasteiger partial charge in [-0.15, -0.1) is 0 Å². The average molecular weight is 245 g/mol. The molecule has 0 aromatic heterocycles. The number of allylic oxidation sites excluding steroid dienone is 2. The average Bonchev–Trinajstić information content (AvgIpc) is 2.40. The van der Waals surface area contributed by atoms with E-state index in [2.05, 4.69) is 17.5 Å². The highest BCUT2D eigenvalue weighted by molar-refractivity contribution is 5.92. The lowest BCUT2D eigenvalue weighted by Gasteiger charge is -2.17. The summed E-state index contributed by atoms with van der Waals surface area (Å²) in [6.45, 7) is 0.565. The molecule has 3 nitrogen and oxygen atoms in total. The van der Waals surface area contributed by atoms with Crippen LogP contribution in [0.2, 0.25) is 0 Å². The van der Waals surface area contributed by atoms with Gasteiger partial charge in [0, 0.05) is 18.7 Å². The molecule has 1 N–H and O–H groups in total. The first kappa shape index (κ1) is 12.8. The van der Waals surface area contributed by atoms with Crippen LogP contribution in [0, 0.1) is 5.92 Å². The number of methoxy groups -OCH3 is 1. The van der Waals surface area contributed by atoms with Crippen LogP contribution in [-0.2, 0) is 16.1 Å². The molecule has 18 heavy (non-hydrogen) atoms. The van der Waals surface area contributed by atoms with Crippen LogP contribution in [-0.4, -0.2) is 13.0 Å². The van der Waals surface area contributed by atoms with Crippen molar-refractivity contribution in [1.29, 1.82) is 0 Å². The topological polar surface area (TPSA) is 38.3 Å². The molecular weight excluding hydrogens is 226 g/mol. The molecule has 0 spiro atoms. The molecule has 1 aliphatic rings. The van der Waals surface area contributed by atoms with E-state index in [-0.39, 0.29) is 11.8 Å². The normalized spacial score (nSPS) is 18.6. The van der Waals surface area contributed by atoms with Crippen molar-refractivity contribution in [2.75, 3.05) is 12.4 Å². The van der Waals surface area contributed by atoms with Gasteiger partial charge in [-0.2, -0.15) is 0 Å². The molecule has 1 aromatic rings. The highest BCUT2D eigenvalue weighted by Gasteiger charge is 2.18. The summed E-state index contributed by atoms with van der Waals surface area (Å²) in [4.78, 5) is 12.1. The largest absolute Gasteiger partial charge is 0.380 e. The van der Waals surface area contributed by atoms with E-state index >= 15 is 0 Å². The van der Waals surface area contributed by atoms with E-state index < -0.39 is 0 Å². The van der Waals surface area contributed by atoms with E-state index in [4.69, 9.17) is 4.74 Å². The third-order valence-electron chi connectivity index (χ3n) is 3.15. The van der Waals surface area contributed by atoms with Gasteiger partial charge in [0.15, 0.2) is 0 Å². The molecule has 0 radical (unpaired) electrons. The van der Waals surface area contributed by atoms with Gasteiger partial charge in [0.1, 0.15) is 0 Å². The zero-order valence-electron chi connectivity index (χ0n) is 10.7. The number of nitrogens with one attached hydrogen (secondary N) is 1. The van der Waals surface area contributed by atoms with Crippen molar-refractivity contribution in [2.24, 2.45) is 5.92 Å². The predicted octanol–water partition coefficient (Wildman–Crippen LogP) is 3.13. The van der Waals surface area contributed by atoms with Gasteiger partial charge in [-0.25, -0.2) is 0 Å². The van der Waals surface area contributed by atoms with E-state index in [9.17, 15) is 4.79 Å². The molecule has 0 bridgehead atoms. The second-order valence-electron chi connectivity index (χ2n) is 4.60. The fraction of sp³-hybridized carbons (Fsp3) is 0.400. The number of rotatable bonds is 4. The first-order valence-corrected chi connectivity index (χ1v) is 6.33. The molecule has 1 aromatic carbocycles. The van der Waals surface area contributed by atoms with Gasteiger partial charge in [-0.1, -0.05) is 24.3 Å². The lowest BCUT2D eigenvalue weighted by Crippen LogP contribution is -2.23. The zero-order valence-corrected chi connectivity index (χ0v) is 10.7. The van der Waals surface area contributed by atoms with Gasteiger partial charge >= 0.3 is 0 Å². The maximum Gasteiger partial charge on any atom is 0.227 e. The van der Waals surface area contributed by atoms with Crippen LogP contribution in [0.15, 0.2) is 36.4 Å². The lowest BCUT2D eigenvalue weighted by molar-refractivity contribution is -0.120. The highest BCUT2D eigenvalue weighted by Crippen LogP contribution is 2.20. The third-order valence-corrected chi connectivity index (χ3v) is 3.15. The molecule has 0 heterocycles. The van der Waals surface area contributed by atoms with Crippen LogP contribution in [0.3, 0.4) is 0 Å². The summed E-state index contributed by atoms with van der Waals surface area (Å²) < 4.78 is 5.08. The second kappa shape index (κ2) is 6.36. The SMILES string of the molecule is COCc1cccc(NC(=O)C2CC=CCC2)c1.